The number of rotatable bonds is 4. The second-order valence-electron chi connectivity index (χ2n) is 4.59. The van der Waals surface area contributed by atoms with E-state index in [4.69, 9.17) is 14.2 Å². The first kappa shape index (κ1) is 13.4. The Balaban J connectivity index is 3.29. The lowest BCUT2D eigenvalue weighted by Crippen LogP contribution is -2.23. The van der Waals surface area contributed by atoms with Gasteiger partial charge in [0.05, 0.1) is 14.2 Å². The Kier molecular flexibility index (Phi) is 3.99. The molecule has 0 spiro atoms. The molecule has 4 heteroatoms. The zero-order chi connectivity index (χ0) is 13.1. The maximum absolute atomic E-state index is 10.8. The molecule has 1 rings (SSSR count). The highest BCUT2D eigenvalue weighted by Crippen LogP contribution is 2.39. The zero-order valence-corrected chi connectivity index (χ0v) is 10.9. The second kappa shape index (κ2) is 5.08. The third-order valence-corrected chi connectivity index (χ3v) is 2.02. The minimum atomic E-state index is -0.375. The van der Waals surface area contributed by atoms with E-state index in [0.29, 0.717) is 22.8 Å². The molecule has 0 N–H and O–H groups in total. The van der Waals surface area contributed by atoms with Crippen LogP contribution in [0.4, 0.5) is 0 Å². The Morgan fingerprint density at radius 3 is 2.06 bits per heavy atom. The predicted molar refractivity (Wildman–Crippen MR) is 65.3 cm³/mol. The quantitative estimate of drug-likeness (QED) is 0.756. The summed E-state index contributed by atoms with van der Waals surface area (Å²) in [5.41, 5.74) is 0.113. The third kappa shape index (κ3) is 3.37. The topological polar surface area (TPSA) is 44.8 Å². The normalized spacial score (nSPS) is 10.9. The fraction of sp³-hybridized carbons (Fsp3) is 0.462. The molecule has 0 aliphatic carbocycles. The summed E-state index contributed by atoms with van der Waals surface area (Å²) >= 11 is 0. The van der Waals surface area contributed by atoms with E-state index in [-0.39, 0.29) is 5.60 Å². The zero-order valence-electron chi connectivity index (χ0n) is 10.9. The van der Waals surface area contributed by atoms with Crippen molar-refractivity contribution >= 4 is 6.29 Å². The number of hydrogen-bond donors (Lipinski definition) is 0. The summed E-state index contributed by atoms with van der Waals surface area (Å²) in [6.07, 6.45) is 0.747. The van der Waals surface area contributed by atoms with Gasteiger partial charge in [0.25, 0.3) is 0 Å². The van der Waals surface area contributed by atoms with Gasteiger partial charge >= 0.3 is 0 Å². The van der Waals surface area contributed by atoms with Crippen molar-refractivity contribution in [1.29, 1.82) is 0 Å². The van der Waals surface area contributed by atoms with E-state index in [2.05, 4.69) is 0 Å². The van der Waals surface area contributed by atoms with E-state index < -0.39 is 0 Å². The molecule has 0 saturated heterocycles. The molecule has 94 valence electrons. The van der Waals surface area contributed by atoms with Crippen LogP contribution in [-0.2, 0) is 0 Å². The van der Waals surface area contributed by atoms with Gasteiger partial charge in [0.2, 0.25) is 5.75 Å². The molecule has 0 saturated carbocycles. The van der Waals surface area contributed by atoms with Gasteiger partial charge in [-0.05, 0) is 32.9 Å². The van der Waals surface area contributed by atoms with Gasteiger partial charge in [-0.1, -0.05) is 0 Å². The van der Waals surface area contributed by atoms with E-state index in [0.717, 1.165) is 6.29 Å². The van der Waals surface area contributed by atoms with Gasteiger partial charge in [0.1, 0.15) is 11.9 Å². The van der Waals surface area contributed by atoms with Crippen molar-refractivity contribution in [3.05, 3.63) is 17.7 Å². The van der Waals surface area contributed by atoms with E-state index in [9.17, 15) is 4.79 Å². The number of carbonyl (C=O) groups is 1. The smallest absolute Gasteiger partial charge is 0.203 e. The van der Waals surface area contributed by atoms with E-state index in [1.54, 1.807) is 12.1 Å². The molecule has 0 aliphatic heterocycles. The maximum atomic E-state index is 10.8. The molecule has 0 aliphatic rings. The Bertz CT molecular complexity index is 405. The van der Waals surface area contributed by atoms with Crippen LogP contribution in [-0.4, -0.2) is 26.1 Å². The molecule has 0 heterocycles. The highest BCUT2D eigenvalue weighted by atomic mass is 16.5. The largest absolute Gasteiger partial charge is 0.493 e. The minimum Gasteiger partial charge on any atom is -0.493 e. The number of methoxy groups -OCH3 is 2. The Labute approximate surface area is 101 Å². The summed E-state index contributed by atoms with van der Waals surface area (Å²) in [6, 6.07) is 3.25. The van der Waals surface area contributed by atoms with Crippen LogP contribution in [0.3, 0.4) is 0 Å². The SMILES string of the molecule is COc1cc(C=O)cc(OC(C)(C)C)c1OC. The average Bonchev–Trinajstić information content (AvgIpc) is 2.25. The van der Waals surface area contributed by atoms with Gasteiger partial charge in [0.15, 0.2) is 11.5 Å². The lowest BCUT2D eigenvalue weighted by atomic mass is 10.1. The van der Waals surface area contributed by atoms with Crippen molar-refractivity contribution in [2.24, 2.45) is 0 Å². The molecule has 0 atom stereocenters. The van der Waals surface area contributed by atoms with Crippen LogP contribution in [0, 0.1) is 0 Å². The summed E-state index contributed by atoms with van der Waals surface area (Å²) in [4.78, 5) is 10.8. The van der Waals surface area contributed by atoms with Crippen LogP contribution in [0.2, 0.25) is 0 Å². The lowest BCUT2D eigenvalue weighted by Gasteiger charge is -2.23. The summed E-state index contributed by atoms with van der Waals surface area (Å²) in [5, 5.41) is 0. The first-order valence-electron chi connectivity index (χ1n) is 5.31. The molecule has 1 aromatic carbocycles. The fourth-order valence-electron chi connectivity index (χ4n) is 1.42. The van der Waals surface area contributed by atoms with Crippen LogP contribution in [0.15, 0.2) is 12.1 Å². The van der Waals surface area contributed by atoms with Crippen LogP contribution < -0.4 is 14.2 Å². The third-order valence-electron chi connectivity index (χ3n) is 2.02. The lowest BCUT2D eigenvalue weighted by molar-refractivity contribution is 0.111. The fourth-order valence-corrected chi connectivity index (χ4v) is 1.42. The summed E-state index contributed by atoms with van der Waals surface area (Å²) < 4.78 is 16.2. The molecule has 0 bridgehead atoms. The highest BCUT2D eigenvalue weighted by Gasteiger charge is 2.19. The van der Waals surface area contributed by atoms with Crippen molar-refractivity contribution in [2.45, 2.75) is 26.4 Å². The number of aldehydes is 1. The Morgan fingerprint density at radius 1 is 1.06 bits per heavy atom. The van der Waals surface area contributed by atoms with Crippen molar-refractivity contribution in [3.8, 4) is 17.2 Å². The van der Waals surface area contributed by atoms with Crippen LogP contribution in [0.25, 0.3) is 0 Å². The van der Waals surface area contributed by atoms with E-state index in [1.165, 1.54) is 14.2 Å². The first-order chi connectivity index (χ1) is 7.91. The molecule has 17 heavy (non-hydrogen) atoms. The molecule has 4 nitrogen and oxygen atoms in total. The molecule has 0 radical (unpaired) electrons. The number of ether oxygens (including phenoxy) is 3. The first-order valence-corrected chi connectivity index (χ1v) is 5.31. The molecular weight excluding hydrogens is 220 g/mol. The molecule has 0 unspecified atom stereocenters. The maximum Gasteiger partial charge on any atom is 0.203 e. The molecule has 0 amide bonds. The summed E-state index contributed by atoms with van der Waals surface area (Å²) in [7, 11) is 3.06. The van der Waals surface area contributed by atoms with Crippen LogP contribution in [0.1, 0.15) is 31.1 Å². The summed E-state index contributed by atoms with van der Waals surface area (Å²) in [6.45, 7) is 5.77. The van der Waals surface area contributed by atoms with Gasteiger partial charge in [0, 0.05) is 5.56 Å². The van der Waals surface area contributed by atoms with Crippen LogP contribution >= 0.6 is 0 Å². The number of hydrogen-bond acceptors (Lipinski definition) is 4. The Morgan fingerprint density at radius 2 is 1.65 bits per heavy atom. The number of benzene rings is 1. The van der Waals surface area contributed by atoms with E-state index >= 15 is 0 Å². The van der Waals surface area contributed by atoms with Gasteiger partial charge in [-0.2, -0.15) is 0 Å². The van der Waals surface area contributed by atoms with Crippen molar-refractivity contribution in [1.82, 2.24) is 0 Å². The number of carbonyl (C=O) groups excluding carboxylic acids is 1. The van der Waals surface area contributed by atoms with Gasteiger partial charge in [-0.15, -0.1) is 0 Å². The minimum absolute atomic E-state index is 0.375. The molecule has 0 fully saturated rings. The van der Waals surface area contributed by atoms with E-state index in [1.807, 2.05) is 20.8 Å². The van der Waals surface area contributed by atoms with Crippen LogP contribution in [0.5, 0.6) is 17.2 Å². The molecule has 0 aromatic heterocycles. The van der Waals surface area contributed by atoms with Gasteiger partial charge in [-0.25, -0.2) is 0 Å². The van der Waals surface area contributed by atoms with Gasteiger partial charge < -0.3 is 14.2 Å². The van der Waals surface area contributed by atoms with Crippen molar-refractivity contribution in [2.75, 3.05) is 14.2 Å². The molecular formula is C13H18O4. The second-order valence-corrected chi connectivity index (χ2v) is 4.59. The van der Waals surface area contributed by atoms with Gasteiger partial charge in [-0.3, -0.25) is 4.79 Å². The van der Waals surface area contributed by atoms with Crippen molar-refractivity contribution < 1.29 is 19.0 Å². The average molecular weight is 238 g/mol. The predicted octanol–water partition coefficient (Wildman–Crippen LogP) is 2.69. The standard InChI is InChI=1S/C13H18O4/c1-13(2,3)17-11-7-9(8-14)6-10(15-4)12(11)16-5/h6-8H,1-5H3. The van der Waals surface area contributed by atoms with Crippen molar-refractivity contribution in [3.63, 3.8) is 0 Å². The molecule has 1 aromatic rings. The Hall–Kier alpha value is -1.71. The monoisotopic (exact) mass is 238 g/mol. The summed E-state index contributed by atoms with van der Waals surface area (Å²) in [5.74, 6) is 1.48. The highest BCUT2D eigenvalue weighted by molar-refractivity contribution is 5.78.